The lowest BCUT2D eigenvalue weighted by Gasteiger charge is -2.36. The molecule has 1 amide bonds. The van der Waals surface area contributed by atoms with Crippen LogP contribution in [0.2, 0.25) is 0 Å². The van der Waals surface area contributed by atoms with Gasteiger partial charge in [-0.25, -0.2) is 4.98 Å². The summed E-state index contributed by atoms with van der Waals surface area (Å²) in [5.74, 6) is 1.86. The van der Waals surface area contributed by atoms with Crippen molar-refractivity contribution >= 4 is 28.5 Å². The van der Waals surface area contributed by atoms with Gasteiger partial charge in [-0.05, 0) is 0 Å². The van der Waals surface area contributed by atoms with E-state index in [0.717, 1.165) is 49.5 Å². The van der Waals surface area contributed by atoms with Crippen LogP contribution < -0.4 is 15.5 Å². The zero-order chi connectivity index (χ0) is 19.2. The summed E-state index contributed by atoms with van der Waals surface area (Å²) in [5, 5.41) is 7.28. The molecule has 2 N–H and O–H groups in total. The molecule has 0 atom stereocenters. The van der Waals surface area contributed by atoms with Crippen molar-refractivity contribution in [3.63, 3.8) is 0 Å². The second kappa shape index (κ2) is 9.16. The van der Waals surface area contributed by atoms with Gasteiger partial charge in [0.15, 0.2) is 5.96 Å². The Kier molecular flexibility index (Phi) is 7.19. The van der Waals surface area contributed by atoms with Crippen LogP contribution in [0, 0.1) is 5.41 Å². The van der Waals surface area contributed by atoms with Gasteiger partial charge in [-0.1, -0.05) is 27.7 Å². The fourth-order valence-corrected chi connectivity index (χ4v) is 3.38. The molecule has 2 heterocycles. The Morgan fingerprint density at radius 3 is 2.38 bits per heavy atom. The molecule has 2 rings (SSSR count). The second-order valence-corrected chi connectivity index (χ2v) is 8.03. The first-order valence-corrected chi connectivity index (χ1v) is 9.94. The number of aryl methyl sites for hydroxylation is 1. The van der Waals surface area contributed by atoms with Gasteiger partial charge in [-0.3, -0.25) is 9.79 Å². The lowest BCUT2D eigenvalue weighted by molar-refractivity contribution is -0.128. The van der Waals surface area contributed by atoms with Crippen molar-refractivity contribution in [3.05, 3.63) is 5.82 Å². The third-order valence-corrected chi connectivity index (χ3v) is 5.02. The first-order valence-electron chi connectivity index (χ1n) is 9.16. The quantitative estimate of drug-likeness (QED) is 0.449. The van der Waals surface area contributed by atoms with E-state index in [-0.39, 0.29) is 11.3 Å². The van der Waals surface area contributed by atoms with Gasteiger partial charge in [0, 0.05) is 69.7 Å². The van der Waals surface area contributed by atoms with E-state index in [1.165, 1.54) is 11.5 Å². The normalized spacial score (nSPS) is 16.0. The molecule has 0 saturated carbocycles. The minimum absolute atomic E-state index is 0.0615. The van der Waals surface area contributed by atoms with E-state index in [2.05, 4.69) is 41.7 Å². The maximum Gasteiger partial charge on any atom is 0.225 e. The Bertz CT molecular complexity index is 615. The molecule has 0 spiro atoms. The monoisotopic (exact) mass is 381 g/mol. The molecule has 146 valence electrons. The molecule has 1 aliphatic rings. The number of amides is 1. The highest BCUT2D eigenvalue weighted by molar-refractivity contribution is 7.09. The Balaban J connectivity index is 1.75. The average molecular weight is 382 g/mol. The van der Waals surface area contributed by atoms with Gasteiger partial charge < -0.3 is 20.4 Å². The Morgan fingerprint density at radius 2 is 1.85 bits per heavy atom. The van der Waals surface area contributed by atoms with Crippen LogP contribution in [-0.2, 0) is 11.2 Å². The number of aromatic nitrogens is 2. The maximum absolute atomic E-state index is 11.9. The van der Waals surface area contributed by atoms with E-state index in [0.29, 0.717) is 13.1 Å². The summed E-state index contributed by atoms with van der Waals surface area (Å²) in [6.07, 6.45) is 0.874. The SMILES string of the molecule is CCc1nsc(N2CCN(C(=NC)NCCNC(=O)C(C)(C)C)CC2)n1. The number of anilines is 1. The van der Waals surface area contributed by atoms with E-state index in [1.54, 1.807) is 7.05 Å². The fourth-order valence-electron chi connectivity index (χ4n) is 2.57. The standard InChI is InChI=1S/C17H31N7OS/c1-6-13-21-16(26-22-13)24-11-9-23(10-12-24)15(18-5)20-8-7-19-14(25)17(2,3)4/h6-12H2,1-5H3,(H,18,20)(H,19,25). The predicted octanol–water partition coefficient (Wildman–Crippen LogP) is 0.960. The van der Waals surface area contributed by atoms with Gasteiger partial charge >= 0.3 is 0 Å². The Morgan fingerprint density at radius 1 is 1.19 bits per heavy atom. The molecule has 1 saturated heterocycles. The molecule has 1 aromatic heterocycles. The molecular formula is C17H31N7OS. The molecule has 0 bridgehead atoms. The van der Waals surface area contributed by atoms with E-state index in [9.17, 15) is 4.79 Å². The molecule has 1 aromatic rings. The number of piperazine rings is 1. The van der Waals surface area contributed by atoms with Gasteiger partial charge in [0.05, 0.1) is 0 Å². The molecule has 9 heteroatoms. The highest BCUT2D eigenvalue weighted by Gasteiger charge is 2.22. The van der Waals surface area contributed by atoms with Crippen LogP contribution in [0.4, 0.5) is 5.13 Å². The van der Waals surface area contributed by atoms with Crippen LogP contribution in [0.25, 0.3) is 0 Å². The fraction of sp³-hybridized carbons (Fsp3) is 0.765. The van der Waals surface area contributed by atoms with Crippen LogP contribution >= 0.6 is 11.5 Å². The van der Waals surface area contributed by atoms with Gasteiger partial charge in [0.2, 0.25) is 11.0 Å². The van der Waals surface area contributed by atoms with E-state index in [4.69, 9.17) is 0 Å². The van der Waals surface area contributed by atoms with E-state index < -0.39 is 0 Å². The number of nitrogens with zero attached hydrogens (tertiary/aromatic N) is 5. The predicted molar refractivity (Wildman–Crippen MR) is 107 cm³/mol. The van der Waals surface area contributed by atoms with Crippen LogP contribution in [0.5, 0.6) is 0 Å². The zero-order valence-corrected chi connectivity index (χ0v) is 17.3. The number of rotatable bonds is 5. The average Bonchev–Trinajstić information content (AvgIpc) is 3.10. The Hall–Kier alpha value is -1.90. The molecular weight excluding hydrogens is 350 g/mol. The minimum atomic E-state index is -0.361. The van der Waals surface area contributed by atoms with Crippen molar-refractivity contribution in [1.82, 2.24) is 24.9 Å². The maximum atomic E-state index is 11.9. The summed E-state index contributed by atoms with van der Waals surface area (Å²) in [6, 6.07) is 0. The van der Waals surface area contributed by atoms with Crippen LogP contribution in [0.3, 0.4) is 0 Å². The first-order chi connectivity index (χ1) is 12.3. The molecule has 8 nitrogen and oxygen atoms in total. The van der Waals surface area contributed by atoms with E-state index in [1.807, 2.05) is 20.8 Å². The second-order valence-electron chi connectivity index (χ2n) is 7.30. The highest BCUT2D eigenvalue weighted by Crippen LogP contribution is 2.19. The number of guanidine groups is 1. The number of carbonyl (C=O) groups is 1. The lowest BCUT2D eigenvalue weighted by Crippen LogP contribution is -2.53. The van der Waals surface area contributed by atoms with Crippen LogP contribution in [0.1, 0.15) is 33.5 Å². The topological polar surface area (TPSA) is 85.8 Å². The number of aliphatic imine (C=N–C) groups is 1. The minimum Gasteiger partial charge on any atom is -0.354 e. The van der Waals surface area contributed by atoms with Gasteiger partial charge in [-0.2, -0.15) is 4.37 Å². The van der Waals surface area contributed by atoms with Crippen molar-refractivity contribution in [1.29, 1.82) is 0 Å². The van der Waals surface area contributed by atoms with E-state index >= 15 is 0 Å². The largest absolute Gasteiger partial charge is 0.354 e. The zero-order valence-electron chi connectivity index (χ0n) is 16.5. The first kappa shape index (κ1) is 20.4. The van der Waals surface area contributed by atoms with Crippen molar-refractivity contribution in [2.24, 2.45) is 10.4 Å². The van der Waals surface area contributed by atoms with Gasteiger partial charge in [0.1, 0.15) is 5.82 Å². The summed E-state index contributed by atoms with van der Waals surface area (Å²) >= 11 is 1.48. The third kappa shape index (κ3) is 5.55. The number of nitrogens with one attached hydrogen (secondary N) is 2. The molecule has 26 heavy (non-hydrogen) atoms. The smallest absolute Gasteiger partial charge is 0.225 e. The number of hydrogen-bond donors (Lipinski definition) is 2. The summed E-state index contributed by atoms with van der Waals surface area (Å²) in [5.41, 5.74) is -0.361. The highest BCUT2D eigenvalue weighted by atomic mass is 32.1. The van der Waals surface area contributed by atoms with Crippen molar-refractivity contribution in [2.75, 3.05) is 51.2 Å². The lowest BCUT2D eigenvalue weighted by atomic mass is 9.96. The van der Waals surface area contributed by atoms with Crippen molar-refractivity contribution in [3.8, 4) is 0 Å². The Labute approximate surface area is 160 Å². The molecule has 0 aromatic carbocycles. The molecule has 0 aliphatic carbocycles. The summed E-state index contributed by atoms with van der Waals surface area (Å²) < 4.78 is 4.37. The van der Waals surface area contributed by atoms with Gasteiger partial charge in [0.25, 0.3) is 0 Å². The molecule has 0 unspecified atom stereocenters. The van der Waals surface area contributed by atoms with Crippen molar-refractivity contribution in [2.45, 2.75) is 34.1 Å². The summed E-state index contributed by atoms with van der Waals surface area (Å²) in [4.78, 5) is 25.3. The molecule has 0 radical (unpaired) electrons. The molecule has 1 fully saturated rings. The van der Waals surface area contributed by atoms with Crippen LogP contribution in [0.15, 0.2) is 4.99 Å². The van der Waals surface area contributed by atoms with Gasteiger partial charge in [-0.15, -0.1) is 0 Å². The summed E-state index contributed by atoms with van der Waals surface area (Å²) in [6.45, 7) is 12.6. The third-order valence-electron chi connectivity index (χ3n) is 4.21. The number of hydrogen-bond acceptors (Lipinski definition) is 6. The summed E-state index contributed by atoms with van der Waals surface area (Å²) in [7, 11) is 1.79. The molecule has 1 aliphatic heterocycles. The van der Waals surface area contributed by atoms with Crippen molar-refractivity contribution < 1.29 is 4.79 Å². The number of carbonyl (C=O) groups excluding carboxylic acids is 1. The van der Waals surface area contributed by atoms with Crippen LogP contribution in [-0.4, -0.2) is 72.4 Å².